The van der Waals surface area contributed by atoms with Crippen molar-refractivity contribution >= 4 is 6.03 Å². The van der Waals surface area contributed by atoms with Crippen molar-refractivity contribution in [2.24, 2.45) is 0 Å². The maximum absolute atomic E-state index is 12.5. The fourth-order valence-corrected chi connectivity index (χ4v) is 3.59. The summed E-state index contributed by atoms with van der Waals surface area (Å²) in [4.78, 5) is 16.9. The quantitative estimate of drug-likeness (QED) is 0.753. The summed E-state index contributed by atoms with van der Waals surface area (Å²) < 4.78 is 0. The summed E-state index contributed by atoms with van der Waals surface area (Å²) in [6, 6.07) is 0.930. The zero-order valence-electron chi connectivity index (χ0n) is 13.4. The summed E-state index contributed by atoms with van der Waals surface area (Å²) in [5, 5.41) is 12.3. The van der Waals surface area contributed by atoms with Crippen LogP contribution in [-0.4, -0.2) is 65.8 Å². The maximum atomic E-state index is 12.5. The van der Waals surface area contributed by atoms with Gasteiger partial charge in [-0.15, -0.1) is 0 Å². The maximum Gasteiger partial charge on any atom is 0.317 e. The second-order valence-corrected chi connectivity index (χ2v) is 6.36. The summed E-state index contributed by atoms with van der Waals surface area (Å²) >= 11 is 0. The van der Waals surface area contributed by atoms with E-state index in [4.69, 9.17) is 5.11 Å². The number of unbranched alkanes of at least 4 members (excludes halogenated alkanes) is 1. The number of nitrogens with one attached hydrogen (secondary N) is 1. The number of nitrogens with zero attached hydrogens (tertiary/aromatic N) is 2. The number of carbonyl (C=O) groups is 1. The first-order valence-electron chi connectivity index (χ1n) is 8.66. The van der Waals surface area contributed by atoms with E-state index < -0.39 is 0 Å². The Labute approximate surface area is 128 Å². The number of hydrogen-bond acceptors (Lipinski definition) is 3. The highest BCUT2D eigenvalue weighted by atomic mass is 16.3. The van der Waals surface area contributed by atoms with Crippen LogP contribution in [0.4, 0.5) is 4.79 Å². The van der Waals surface area contributed by atoms with Gasteiger partial charge in [0, 0.05) is 38.3 Å². The van der Waals surface area contributed by atoms with E-state index in [1.54, 1.807) is 0 Å². The Balaban J connectivity index is 1.85. The van der Waals surface area contributed by atoms with Gasteiger partial charge in [0.25, 0.3) is 0 Å². The van der Waals surface area contributed by atoms with Crippen molar-refractivity contribution in [3.63, 3.8) is 0 Å². The molecular formula is C16H31N3O2. The van der Waals surface area contributed by atoms with Gasteiger partial charge in [0.05, 0.1) is 0 Å². The van der Waals surface area contributed by atoms with E-state index in [0.717, 1.165) is 32.4 Å². The van der Waals surface area contributed by atoms with Crippen LogP contribution in [0.3, 0.4) is 0 Å². The van der Waals surface area contributed by atoms with Gasteiger partial charge in [-0.05, 0) is 38.6 Å². The van der Waals surface area contributed by atoms with E-state index in [-0.39, 0.29) is 12.6 Å². The standard InChI is InChI=1S/C16H31N3O2/c1-2-3-9-19(11-6-13-20)16(21)17-14-8-12-18-10-5-4-7-15(14)18/h14-15,20H,2-13H2,1H3,(H,17,21). The number of carbonyl (C=O) groups excluding carboxylic acids is 1. The van der Waals surface area contributed by atoms with Crippen LogP contribution >= 0.6 is 0 Å². The van der Waals surface area contributed by atoms with Gasteiger partial charge in [-0.1, -0.05) is 19.8 Å². The third-order valence-corrected chi connectivity index (χ3v) is 4.82. The lowest BCUT2D eigenvalue weighted by molar-refractivity contribution is 0.164. The van der Waals surface area contributed by atoms with Crippen LogP contribution < -0.4 is 5.32 Å². The monoisotopic (exact) mass is 297 g/mol. The lowest BCUT2D eigenvalue weighted by atomic mass is 9.99. The van der Waals surface area contributed by atoms with Crippen LogP contribution in [0.5, 0.6) is 0 Å². The van der Waals surface area contributed by atoms with Crippen molar-refractivity contribution in [1.29, 1.82) is 0 Å². The molecule has 0 aliphatic carbocycles. The molecule has 2 N–H and O–H groups in total. The SMILES string of the molecule is CCCCN(CCCO)C(=O)NC1CCN2CCCCC12. The number of hydrogen-bond donors (Lipinski definition) is 2. The highest BCUT2D eigenvalue weighted by Crippen LogP contribution is 2.27. The first-order valence-corrected chi connectivity index (χ1v) is 8.66. The fraction of sp³-hybridized carbons (Fsp3) is 0.938. The number of aliphatic hydroxyl groups is 1. The molecule has 0 aromatic heterocycles. The number of aliphatic hydroxyl groups excluding tert-OH is 1. The molecule has 2 unspecified atom stereocenters. The summed E-state index contributed by atoms with van der Waals surface area (Å²) in [5.41, 5.74) is 0. The molecule has 2 rings (SSSR count). The highest BCUT2D eigenvalue weighted by molar-refractivity contribution is 5.74. The molecule has 0 aromatic rings. The van der Waals surface area contributed by atoms with Gasteiger partial charge in [-0.3, -0.25) is 4.90 Å². The molecule has 2 aliphatic heterocycles. The zero-order valence-corrected chi connectivity index (χ0v) is 13.4. The Morgan fingerprint density at radius 2 is 2.05 bits per heavy atom. The smallest absolute Gasteiger partial charge is 0.317 e. The van der Waals surface area contributed by atoms with E-state index in [9.17, 15) is 4.79 Å². The number of amides is 2. The lowest BCUT2D eigenvalue weighted by Crippen LogP contribution is -2.51. The van der Waals surface area contributed by atoms with Crippen LogP contribution in [0.2, 0.25) is 0 Å². The molecule has 2 amide bonds. The average Bonchev–Trinajstić information content (AvgIpc) is 2.91. The summed E-state index contributed by atoms with van der Waals surface area (Å²) in [6.07, 6.45) is 7.67. The van der Waals surface area contributed by atoms with Gasteiger partial charge >= 0.3 is 6.03 Å². The molecule has 0 saturated carbocycles. The number of fused-ring (bicyclic) bond motifs is 1. The van der Waals surface area contributed by atoms with Crippen LogP contribution in [0.25, 0.3) is 0 Å². The molecule has 0 radical (unpaired) electrons. The molecule has 21 heavy (non-hydrogen) atoms. The fourth-order valence-electron chi connectivity index (χ4n) is 3.59. The van der Waals surface area contributed by atoms with Gasteiger partial charge in [-0.25, -0.2) is 4.79 Å². The molecule has 2 aliphatic rings. The average molecular weight is 297 g/mol. The first-order chi connectivity index (χ1) is 10.3. The Kier molecular flexibility index (Phi) is 6.77. The zero-order chi connectivity index (χ0) is 15.1. The predicted octanol–water partition coefficient (Wildman–Crippen LogP) is 1.81. The van der Waals surface area contributed by atoms with Crippen LogP contribution in [0.1, 0.15) is 51.9 Å². The van der Waals surface area contributed by atoms with E-state index >= 15 is 0 Å². The molecule has 2 heterocycles. The van der Waals surface area contributed by atoms with Crippen molar-refractivity contribution in [1.82, 2.24) is 15.1 Å². The molecule has 122 valence electrons. The van der Waals surface area contributed by atoms with Crippen LogP contribution in [-0.2, 0) is 0 Å². The molecule has 0 bridgehead atoms. The summed E-state index contributed by atoms with van der Waals surface area (Å²) in [5.74, 6) is 0. The van der Waals surface area contributed by atoms with Crippen molar-refractivity contribution in [2.75, 3.05) is 32.8 Å². The second-order valence-electron chi connectivity index (χ2n) is 6.36. The van der Waals surface area contributed by atoms with E-state index in [1.165, 1.54) is 25.8 Å². The summed E-state index contributed by atoms with van der Waals surface area (Å²) in [7, 11) is 0. The van der Waals surface area contributed by atoms with Crippen LogP contribution in [0.15, 0.2) is 0 Å². The van der Waals surface area contributed by atoms with Crippen molar-refractivity contribution in [3.8, 4) is 0 Å². The largest absolute Gasteiger partial charge is 0.396 e. The Morgan fingerprint density at radius 1 is 1.24 bits per heavy atom. The minimum absolute atomic E-state index is 0.0642. The van der Waals surface area contributed by atoms with Gasteiger partial charge < -0.3 is 15.3 Å². The van der Waals surface area contributed by atoms with Gasteiger partial charge in [0.2, 0.25) is 0 Å². The Bertz CT molecular complexity index is 317. The third-order valence-electron chi connectivity index (χ3n) is 4.82. The number of piperidine rings is 1. The molecule has 2 atom stereocenters. The topological polar surface area (TPSA) is 55.8 Å². The van der Waals surface area contributed by atoms with Gasteiger partial charge in [0.15, 0.2) is 0 Å². The first kappa shape index (κ1) is 16.6. The molecule has 0 spiro atoms. The minimum atomic E-state index is 0.0642. The van der Waals surface area contributed by atoms with Gasteiger partial charge in [0.1, 0.15) is 0 Å². The Morgan fingerprint density at radius 3 is 2.81 bits per heavy atom. The van der Waals surface area contributed by atoms with Crippen molar-refractivity contribution in [2.45, 2.75) is 64.0 Å². The predicted molar refractivity (Wildman–Crippen MR) is 84.3 cm³/mol. The van der Waals surface area contributed by atoms with Crippen molar-refractivity contribution in [3.05, 3.63) is 0 Å². The molecule has 5 nitrogen and oxygen atoms in total. The molecular weight excluding hydrogens is 266 g/mol. The minimum Gasteiger partial charge on any atom is -0.396 e. The molecule has 0 aromatic carbocycles. The van der Waals surface area contributed by atoms with Crippen molar-refractivity contribution < 1.29 is 9.90 Å². The number of urea groups is 1. The highest BCUT2D eigenvalue weighted by Gasteiger charge is 2.36. The second kappa shape index (κ2) is 8.59. The summed E-state index contributed by atoms with van der Waals surface area (Å²) in [6.45, 7) is 6.06. The van der Waals surface area contributed by atoms with E-state index in [1.807, 2.05) is 4.90 Å². The molecule has 5 heteroatoms. The van der Waals surface area contributed by atoms with E-state index in [0.29, 0.717) is 25.0 Å². The van der Waals surface area contributed by atoms with Gasteiger partial charge in [-0.2, -0.15) is 0 Å². The third kappa shape index (κ3) is 4.58. The van der Waals surface area contributed by atoms with E-state index in [2.05, 4.69) is 17.1 Å². The molecule has 2 saturated heterocycles. The van der Waals surface area contributed by atoms with Crippen LogP contribution in [0, 0.1) is 0 Å². The normalized spacial score (nSPS) is 25.6. The molecule has 2 fully saturated rings. The lowest BCUT2D eigenvalue weighted by Gasteiger charge is -2.33. The Hall–Kier alpha value is -0.810. The number of rotatable bonds is 7.